The van der Waals surface area contributed by atoms with Crippen molar-refractivity contribution in [1.29, 1.82) is 0 Å². The van der Waals surface area contributed by atoms with Crippen LogP contribution >= 0.6 is 22.7 Å². The Bertz CT molecular complexity index is 1410. The largest absolute Gasteiger partial charge is 0.495 e. The molecule has 0 radical (unpaired) electrons. The minimum Gasteiger partial charge on any atom is -0.495 e. The number of amides is 1. The Morgan fingerprint density at radius 2 is 1.89 bits per heavy atom. The predicted octanol–water partition coefficient (Wildman–Crippen LogP) is 4.81. The molecule has 5 rings (SSSR count). The number of benzene rings is 2. The van der Waals surface area contributed by atoms with E-state index in [0.29, 0.717) is 52.2 Å². The van der Waals surface area contributed by atoms with E-state index in [4.69, 9.17) is 19.2 Å². The molecule has 1 saturated heterocycles. The summed E-state index contributed by atoms with van der Waals surface area (Å²) in [4.78, 5) is 34.0. The van der Waals surface area contributed by atoms with Crippen LogP contribution in [0.1, 0.15) is 16.1 Å². The van der Waals surface area contributed by atoms with Gasteiger partial charge in [-0.1, -0.05) is 11.3 Å². The van der Waals surface area contributed by atoms with E-state index in [1.807, 2.05) is 6.07 Å². The summed E-state index contributed by atoms with van der Waals surface area (Å²) >= 11 is 2.70. The van der Waals surface area contributed by atoms with Gasteiger partial charge in [0.25, 0.3) is 11.6 Å². The number of thiazole rings is 1. The molecule has 3 heterocycles. The number of hydrogen-bond acceptors (Lipinski definition) is 10. The van der Waals surface area contributed by atoms with Crippen molar-refractivity contribution in [2.45, 2.75) is 6.42 Å². The second-order valence-electron chi connectivity index (χ2n) is 8.50. The number of fused-ring (bicyclic) bond motifs is 2. The first kappa shape index (κ1) is 25.3. The molecule has 194 valence electrons. The summed E-state index contributed by atoms with van der Waals surface area (Å²) in [5, 5.41) is 12.4. The molecule has 2 aromatic heterocycles. The number of anilines is 1. The lowest BCUT2D eigenvalue weighted by Gasteiger charge is -2.27. The van der Waals surface area contributed by atoms with Crippen LogP contribution in [-0.4, -0.2) is 74.3 Å². The quantitative estimate of drug-likeness (QED) is 0.219. The van der Waals surface area contributed by atoms with Crippen LogP contribution in [0.4, 0.5) is 10.8 Å². The lowest BCUT2D eigenvalue weighted by Crippen LogP contribution is -2.39. The highest BCUT2D eigenvalue weighted by Gasteiger charge is 2.25. The third kappa shape index (κ3) is 5.23. The van der Waals surface area contributed by atoms with Gasteiger partial charge in [-0.05, 0) is 30.7 Å². The van der Waals surface area contributed by atoms with Gasteiger partial charge in [0.2, 0.25) is 0 Å². The smallest absolute Gasteiger partial charge is 0.270 e. The van der Waals surface area contributed by atoms with Gasteiger partial charge in [0, 0.05) is 48.4 Å². The number of aromatic nitrogens is 1. The summed E-state index contributed by atoms with van der Waals surface area (Å²) in [5.41, 5.74) is 0.636. The number of carbonyl (C=O) groups excluding carboxylic acids is 1. The summed E-state index contributed by atoms with van der Waals surface area (Å²) in [5.74, 6) is 1.07. The Balaban J connectivity index is 1.49. The zero-order valence-electron chi connectivity index (χ0n) is 20.5. The standard InChI is InChI=1S/C25H26N4O6S2/c1-33-18-5-6-19(34-2)23-22(18)26-25(37-23)28(9-3-8-27-10-12-35-13-11-27)24(30)21-15-16-14-17(29(31)32)4-7-20(16)36-21/h4-7,14-15H,3,8-13H2,1-2H3. The highest BCUT2D eigenvalue weighted by molar-refractivity contribution is 7.23. The van der Waals surface area contributed by atoms with Crippen molar-refractivity contribution in [3.05, 3.63) is 51.4 Å². The maximum Gasteiger partial charge on any atom is 0.270 e. The molecule has 0 unspecified atom stereocenters. The lowest BCUT2D eigenvalue weighted by molar-refractivity contribution is -0.384. The van der Waals surface area contributed by atoms with Gasteiger partial charge in [0.1, 0.15) is 21.7 Å². The number of nitro benzene ring substituents is 1. The number of nitro groups is 1. The monoisotopic (exact) mass is 542 g/mol. The molecule has 0 bridgehead atoms. The number of morpholine rings is 1. The summed E-state index contributed by atoms with van der Waals surface area (Å²) in [7, 11) is 3.18. The molecule has 1 amide bonds. The normalized spacial score (nSPS) is 14.2. The average molecular weight is 543 g/mol. The first-order valence-electron chi connectivity index (χ1n) is 11.8. The van der Waals surface area contributed by atoms with Crippen LogP contribution in [-0.2, 0) is 4.74 Å². The minimum absolute atomic E-state index is 0.00275. The van der Waals surface area contributed by atoms with Gasteiger partial charge in [-0.3, -0.25) is 24.7 Å². The summed E-state index contributed by atoms with van der Waals surface area (Å²) in [6, 6.07) is 9.99. The molecule has 10 nitrogen and oxygen atoms in total. The topological polar surface area (TPSA) is 107 Å². The third-order valence-electron chi connectivity index (χ3n) is 6.26. The Hall–Kier alpha value is -3.32. The number of methoxy groups -OCH3 is 2. The number of carbonyl (C=O) groups is 1. The molecule has 1 aliphatic rings. The van der Waals surface area contributed by atoms with Crippen molar-refractivity contribution in [1.82, 2.24) is 9.88 Å². The van der Waals surface area contributed by atoms with Gasteiger partial charge in [-0.2, -0.15) is 0 Å². The molecule has 1 aliphatic heterocycles. The zero-order chi connectivity index (χ0) is 25.9. The van der Waals surface area contributed by atoms with Crippen LogP contribution in [0, 0.1) is 10.1 Å². The molecule has 0 saturated carbocycles. The number of rotatable bonds is 9. The van der Waals surface area contributed by atoms with Crippen LogP contribution in [0.15, 0.2) is 36.4 Å². The maximum atomic E-state index is 13.9. The molecular weight excluding hydrogens is 516 g/mol. The van der Waals surface area contributed by atoms with Crippen molar-refractivity contribution in [2.75, 3.05) is 58.5 Å². The van der Waals surface area contributed by atoms with Gasteiger partial charge in [-0.15, -0.1) is 11.3 Å². The van der Waals surface area contributed by atoms with E-state index in [1.54, 1.807) is 37.3 Å². The van der Waals surface area contributed by atoms with Gasteiger partial charge in [0.05, 0.1) is 37.2 Å². The molecule has 0 N–H and O–H groups in total. The number of thiophene rings is 1. The number of hydrogen-bond donors (Lipinski definition) is 0. The molecular formula is C25H26N4O6S2. The highest BCUT2D eigenvalue weighted by Crippen LogP contribution is 2.41. The van der Waals surface area contributed by atoms with Crippen LogP contribution in [0.2, 0.25) is 0 Å². The van der Waals surface area contributed by atoms with Crippen LogP contribution < -0.4 is 14.4 Å². The minimum atomic E-state index is -0.432. The van der Waals surface area contributed by atoms with E-state index < -0.39 is 4.92 Å². The molecule has 0 aliphatic carbocycles. The Labute approximate surface area is 221 Å². The molecule has 4 aromatic rings. The average Bonchev–Trinajstić information content (AvgIpc) is 3.55. The molecule has 1 fully saturated rings. The number of ether oxygens (including phenoxy) is 3. The third-order valence-corrected chi connectivity index (χ3v) is 8.45. The molecule has 2 aromatic carbocycles. The highest BCUT2D eigenvalue weighted by atomic mass is 32.1. The van der Waals surface area contributed by atoms with Crippen molar-refractivity contribution in [3.63, 3.8) is 0 Å². The lowest BCUT2D eigenvalue weighted by atomic mass is 10.2. The van der Waals surface area contributed by atoms with Crippen LogP contribution in [0.25, 0.3) is 20.3 Å². The Morgan fingerprint density at radius 3 is 2.62 bits per heavy atom. The molecule has 0 spiro atoms. The van der Waals surface area contributed by atoms with Gasteiger partial charge >= 0.3 is 0 Å². The fourth-order valence-electron chi connectivity index (χ4n) is 4.33. The second kappa shape index (κ2) is 11.0. The van der Waals surface area contributed by atoms with E-state index in [2.05, 4.69) is 4.90 Å². The fraction of sp³-hybridized carbons (Fsp3) is 0.360. The summed E-state index contributed by atoms with van der Waals surface area (Å²) in [6.45, 7) is 4.48. The van der Waals surface area contributed by atoms with Crippen molar-refractivity contribution >= 4 is 59.7 Å². The Morgan fingerprint density at radius 1 is 1.14 bits per heavy atom. The van der Waals surface area contributed by atoms with Crippen molar-refractivity contribution in [2.24, 2.45) is 0 Å². The van der Waals surface area contributed by atoms with Gasteiger partial charge in [0.15, 0.2) is 5.13 Å². The first-order chi connectivity index (χ1) is 18.0. The number of non-ortho nitro benzene ring substituents is 1. The summed E-state index contributed by atoms with van der Waals surface area (Å²) in [6.07, 6.45) is 0.756. The van der Waals surface area contributed by atoms with E-state index in [0.717, 1.165) is 35.5 Å². The molecule has 37 heavy (non-hydrogen) atoms. The first-order valence-corrected chi connectivity index (χ1v) is 13.4. The fourth-order valence-corrected chi connectivity index (χ4v) is 6.42. The van der Waals surface area contributed by atoms with E-state index >= 15 is 0 Å². The summed E-state index contributed by atoms with van der Waals surface area (Å²) < 4.78 is 18.1. The van der Waals surface area contributed by atoms with Crippen LogP contribution in [0.3, 0.4) is 0 Å². The maximum absolute atomic E-state index is 13.9. The molecule has 12 heteroatoms. The second-order valence-corrected chi connectivity index (χ2v) is 10.6. The van der Waals surface area contributed by atoms with E-state index in [1.165, 1.54) is 34.8 Å². The number of nitrogens with zero attached hydrogens (tertiary/aromatic N) is 4. The van der Waals surface area contributed by atoms with E-state index in [9.17, 15) is 14.9 Å². The predicted molar refractivity (Wildman–Crippen MR) is 145 cm³/mol. The Kier molecular flexibility index (Phi) is 7.51. The van der Waals surface area contributed by atoms with Crippen LogP contribution in [0.5, 0.6) is 11.5 Å². The van der Waals surface area contributed by atoms with Crippen molar-refractivity contribution in [3.8, 4) is 11.5 Å². The zero-order valence-corrected chi connectivity index (χ0v) is 22.1. The molecule has 0 atom stereocenters. The van der Waals surface area contributed by atoms with E-state index in [-0.39, 0.29) is 11.6 Å². The van der Waals surface area contributed by atoms with Gasteiger partial charge in [-0.25, -0.2) is 4.98 Å². The van der Waals surface area contributed by atoms with Gasteiger partial charge < -0.3 is 14.2 Å². The SMILES string of the molecule is COc1ccc(OC)c2sc(N(CCCN3CCOCC3)C(=O)c3cc4cc([N+](=O)[O-])ccc4s3)nc12. The van der Waals surface area contributed by atoms with Crippen molar-refractivity contribution < 1.29 is 23.9 Å².